The maximum Gasteiger partial charge on any atom is 0.471 e. The van der Waals surface area contributed by atoms with Gasteiger partial charge in [-0.15, -0.1) is 0 Å². The van der Waals surface area contributed by atoms with Crippen molar-refractivity contribution in [2.75, 3.05) is 19.7 Å². The molecule has 13 heteroatoms. The number of hydrogen-bond donors (Lipinski definition) is 2. The second-order valence-corrected chi connectivity index (χ2v) is 10.3. The van der Waals surface area contributed by atoms with Crippen LogP contribution in [0.15, 0.2) is 42.6 Å². The number of carbonyl (C=O) groups is 4. The molecule has 4 rings (SSSR count). The summed E-state index contributed by atoms with van der Waals surface area (Å²) in [5, 5.41) is 4.81. The topological polar surface area (TPSA) is 127 Å². The van der Waals surface area contributed by atoms with Crippen molar-refractivity contribution in [3.05, 3.63) is 59.4 Å². The van der Waals surface area contributed by atoms with Crippen LogP contribution in [0, 0.1) is 12.8 Å². The number of alkyl halides is 3. The van der Waals surface area contributed by atoms with Crippen LogP contribution in [0.3, 0.4) is 0 Å². The Morgan fingerprint density at radius 2 is 1.88 bits per heavy atom. The summed E-state index contributed by atoms with van der Waals surface area (Å²) < 4.78 is 49.4. The molecule has 220 valence electrons. The van der Waals surface area contributed by atoms with Crippen LogP contribution in [0.1, 0.15) is 53.9 Å². The zero-order valence-corrected chi connectivity index (χ0v) is 22.6. The third-order valence-corrected chi connectivity index (χ3v) is 6.98. The number of ether oxygens (including phenoxy) is 2. The lowest BCUT2D eigenvalue weighted by atomic mass is 10.0. The number of halogens is 3. The van der Waals surface area contributed by atoms with E-state index in [1.807, 2.05) is 12.2 Å². The molecule has 41 heavy (non-hydrogen) atoms. The second kappa shape index (κ2) is 12.6. The number of piperidine rings is 1. The summed E-state index contributed by atoms with van der Waals surface area (Å²) in [5.41, 5.74) is 1.56. The van der Waals surface area contributed by atoms with Crippen molar-refractivity contribution in [3.8, 4) is 5.75 Å². The molecule has 10 nitrogen and oxygen atoms in total. The molecule has 2 fully saturated rings. The van der Waals surface area contributed by atoms with Crippen LogP contribution < -0.4 is 15.4 Å². The Kier molecular flexibility index (Phi) is 9.14. The van der Waals surface area contributed by atoms with Crippen molar-refractivity contribution in [2.24, 2.45) is 5.92 Å². The molecule has 4 atom stereocenters. The molecule has 2 N–H and O–H groups in total. The lowest BCUT2D eigenvalue weighted by Crippen LogP contribution is -2.51. The molecular weight excluding hydrogens is 545 g/mol. The van der Waals surface area contributed by atoms with Gasteiger partial charge in [-0.2, -0.15) is 13.2 Å². The first-order valence-corrected chi connectivity index (χ1v) is 13.2. The number of amides is 3. The zero-order valence-electron chi connectivity index (χ0n) is 22.6. The number of carbonyl (C=O) groups excluding carboxylic acids is 4. The fourth-order valence-electron chi connectivity index (χ4n) is 4.79. The van der Waals surface area contributed by atoms with Crippen molar-refractivity contribution < 1.29 is 41.8 Å². The Balaban J connectivity index is 1.39. The number of pyridine rings is 1. The molecule has 2 aliphatic heterocycles. The van der Waals surface area contributed by atoms with Gasteiger partial charge in [0.05, 0.1) is 24.6 Å². The Morgan fingerprint density at radius 3 is 2.49 bits per heavy atom. The summed E-state index contributed by atoms with van der Waals surface area (Å²) in [6, 6.07) is 8.47. The van der Waals surface area contributed by atoms with E-state index < -0.39 is 42.0 Å². The molecule has 1 aromatic heterocycles. The Hall–Kier alpha value is -4.16. The summed E-state index contributed by atoms with van der Waals surface area (Å²) >= 11 is 0. The number of esters is 1. The van der Waals surface area contributed by atoms with Crippen LogP contribution in [-0.2, 0) is 19.1 Å². The Bertz CT molecular complexity index is 1270. The van der Waals surface area contributed by atoms with E-state index >= 15 is 0 Å². The van der Waals surface area contributed by atoms with Crippen molar-refractivity contribution in [2.45, 2.75) is 57.5 Å². The van der Waals surface area contributed by atoms with Gasteiger partial charge in [0.25, 0.3) is 5.91 Å². The van der Waals surface area contributed by atoms with E-state index in [0.717, 1.165) is 5.56 Å². The molecule has 2 aliphatic rings. The quantitative estimate of drug-likeness (QED) is 0.463. The maximum absolute atomic E-state index is 12.9. The highest BCUT2D eigenvalue weighted by molar-refractivity contribution is 5.92. The van der Waals surface area contributed by atoms with Crippen LogP contribution in [0.4, 0.5) is 13.2 Å². The molecule has 3 heterocycles. The number of aromatic nitrogens is 1. The zero-order chi connectivity index (χ0) is 29.7. The fourth-order valence-corrected chi connectivity index (χ4v) is 4.79. The number of nitrogens with one attached hydrogen (secondary N) is 2. The van der Waals surface area contributed by atoms with Gasteiger partial charge < -0.3 is 25.0 Å². The van der Waals surface area contributed by atoms with Gasteiger partial charge in [-0.1, -0.05) is 29.8 Å². The molecule has 3 amide bonds. The van der Waals surface area contributed by atoms with Gasteiger partial charge in [-0.3, -0.25) is 19.2 Å². The van der Waals surface area contributed by atoms with Crippen molar-refractivity contribution in [1.82, 2.24) is 20.5 Å². The van der Waals surface area contributed by atoms with Crippen molar-refractivity contribution >= 4 is 23.7 Å². The van der Waals surface area contributed by atoms with Gasteiger partial charge in [-0.25, -0.2) is 4.98 Å². The lowest BCUT2D eigenvalue weighted by Gasteiger charge is -2.34. The van der Waals surface area contributed by atoms with E-state index in [0.29, 0.717) is 31.5 Å². The second-order valence-electron chi connectivity index (χ2n) is 10.3. The first-order chi connectivity index (χ1) is 19.4. The number of aryl methyl sites for hydroxylation is 1. The van der Waals surface area contributed by atoms with Crippen LogP contribution in [0.25, 0.3) is 0 Å². The SMILES string of the molecule is Cc1ccc(C(Oc2ccc(C(=O)N[C@H]3CCCN(C(=O)[C@H]4COC(=O)C4)C3)nc2)C(C)NC(=O)C(F)(F)F)cc1. The normalized spacial score (nSPS) is 20.5. The summed E-state index contributed by atoms with van der Waals surface area (Å²) in [6.07, 6.45) is -3.34. The molecule has 0 radical (unpaired) electrons. The number of nitrogens with zero attached hydrogens (tertiary/aromatic N) is 2. The average molecular weight is 577 g/mol. The predicted octanol–water partition coefficient (Wildman–Crippen LogP) is 2.86. The molecule has 0 aliphatic carbocycles. The molecule has 0 saturated carbocycles. The summed E-state index contributed by atoms with van der Waals surface area (Å²) in [6.45, 7) is 4.17. The molecule has 1 aromatic carbocycles. The smallest absolute Gasteiger partial charge is 0.471 e. The summed E-state index contributed by atoms with van der Waals surface area (Å²) in [5.74, 6) is -3.42. The summed E-state index contributed by atoms with van der Waals surface area (Å²) in [7, 11) is 0. The number of hydrogen-bond acceptors (Lipinski definition) is 7. The van der Waals surface area contributed by atoms with E-state index in [4.69, 9.17) is 9.47 Å². The molecule has 0 spiro atoms. The molecule has 2 unspecified atom stereocenters. The fraction of sp³-hybridized carbons (Fsp3) is 0.464. The number of likely N-dealkylation sites (tertiary alicyclic amines) is 1. The van der Waals surface area contributed by atoms with Gasteiger partial charge in [-0.05, 0) is 44.4 Å². The summed E-state index contributed by atoms with van der Waals surface area (Å²) in [4.78, 5) is 54.3. The number of cyclic esters (lactones) is 1. The van der Waals surface area contributed by atoms with Gasteiger partial charge in [0.15, 0.2) is 0 Å². The predicted molar refractivity (Wildman–Crippen MR) is 139 cm³/mol. The third-order valence-electron chi connectivity index (χ3n) is 6.98. The van der Waals surface area contributed by atoms with E-state index in [1.54, 1.807) is 29.2 Å². The molecule has 0 bridgehead atoms. The van der Waals surface area contributed by atoms with Crippen LogP contribution in [-0.4, -0.2) is 71.5 Å². The Labute approximate surface area is 234 Å². The maximum atomic E-state index is 12.9. The van der Waals surface area contributed by atoms with Crippen LogP contribution in [0.2, 0.25) is 0 Å². The molecule has 2 aromatic rings. The minimum Gasteiger partial charge on any atom is -0.482 e. The highest BCUT2D eigenvalue weighted by Gasteiger charge is 2.40. The van der Waals surface area contributed by atoms with E-state index in [-0.39, 0.29) is 36.4 Å². The third kappa shape index (κ3) is 7.74. The van der Waals surface area contributed by atoms with E-state index in [9.17, 15) is 32.3 Å². The van der Waals surface area contributed by atoms with Gasteiger partial charge >= 0.3 is 18.1 Å². The van der Waals surface area contributed by atoms with E-state index in [1.165, 1.54) is 25.3 Å². The average Bonchev–Trinajstić information content (AvgIpc) is 3.38. The van der Waals surface area contributed by atoms with E-state index in [2.05, 4.69) is 10.3 Å². The number of rotatable bonds is 8. The van der Waals surface area contributed by atoms with Gasteiger partial charge in [0.1, 0.15) is 24.2 Å². The first-order valence-electron chi connectivity index (χ1n) is 13.2. The monoisotopic (exact) mass is 576 g/mol. The van der Waals surface area contributed by atoms with Crippen molar-refractivity contribution in [1.29, 1.82) is 0 Å². The number of benzene rings is 1. The Morgan fingerprint density at radius 1 is 1.15 bits per heavy atom. The highest BCUT2D eigenvalue weighted by atomic mass is 19.4. The minimum absolute atomic E-state index is 0.0585. The first kappa shape index (κ1) is 29.8. The largest absolute Gasteiger partial charge is 0.482 e. The lowest BCUT2D eigenvalue weighted by molar-refractivity contribution is -0.174. The molecule has 2 saturated heterocycles. The molecular formula is C28H31F3N4O6. The van der Waals surface area contributed by atoms with Gasteiger partial charge in [0, 0.05) is 19.1 Å². The van der Waals surface area contributed by atoms with Crippen LogP contribution >= 0.6 is 0 Å². The minimum atomic E-state index is -5.05. The van der Waals surface area contributed by atoms with Gasteiger partial charge in [0.2, 0.25) is 5.91 Å². The van der Waals surface area contributed by atoms with Crippen molar-refractivity contribution in [3.63, 3.8) is 0 Å². The highest BCUT2D eigenvalue weighted by Crippen LogP contribution is 2.27. The van der Waals surface area contributed by atoms with Crippen LogP contribution in [0.5, 0.6) is 5.75 Å². The standard InChI is InChI=1S/C28H31F3N4O6/c1-16-5-7-18(8-6-16)24(17(2)33-27(39)28(29,30)31)41-21-9-10-22(32-13-21)25(37)34-20-4-3-11-35(14-20)26(38)19-12-23(36)40-15-19/h5-10,13,17,19-20,24H,3-4,11-12,14-15H2,1-2H3,(H,33,39)(H,34,37)/t17?,19-,20+,24?/m1/s1.